The highest BCUT2D eigenvalue weighted by molar-refractivity contribution is 6.31. The smallest absolute Gasteiger partial charge is 0.267 e. The topological polar surface area (TPSA) is 94.4 Å². The van der Waals surface area contributed by atoms with Crippen LogP contribution >= 0.6 is 11.6 Å². The zero-order valence-electron chi connectivity index (χ0n) is 11.7. The molecule has 1 aromatic rings. The number of carbonyl (C=O) groups is 1. The van der Waals surface area contributed by atoms with Gasteiger partial charge in [-0.05, 0) is 25.1 Å². The molecule has 1 rings (SSSR count). The van der Waals surface area contributed by atoms with Gasteiger partial charge in [-0.1, -0.05) is 11.6 Å². The number of aliphatic hydroxyl groups is 1. The third-order valence-corrected chi connectivity index (χ3v) is 2.67. The molecule has 3 N–H and O–H groups in total. The molecule has 0 aliphatic carbocycles. The Kier molecular flexibility index (Phi) is 6.53. The third-order valence-electron chi connectivity index (χ3n) is 2.43. The first kappa shape index (κ1) is 16.8. The molecule has 1 unspecified atom stereocenters. The molecule has 21 heavy (non-hydrogen) atoms. The van der Waals surface area contributed by atoms with Crippen molar-refractivity contribution in [3.63, 3.8) is 0 Å². The van der Waals surface area contributed by atoms with Gasteiger partial charge in [-0.15, -0.1) is 0 Å². The number of amides is 1. The molecule has 0 spiro atoms. The van der Waals surface area contributed by atoms with Crippen LogP contribution in [0.2, 0.25) is 5.02 Å². The monoisotopic (exact) mass is 309 g/mol. The first-order chi connectivity index (χ1) is 9.97. The largest absolute Gasteiger partial charge is 0.495 e. The number of hydrogen-bond donors (Lipinski definition) is 3. The van der Waals surface area contributed by atoms with Crippen LogP contribution < -0.4 is 15.4 Å². The number of ether oxygens (including phenoxy) is 1. The fourth-order valence-electron chi connectivity index (χ4n) is 1.45. The number of rotatable bonds is 6. The van der Waals surface area contributed by atoms with E-state index in [2.05, 4.69) is 10.6 Å². The number of methoxy groups -OCH3 is 1. The maximum Gasteiger partial charge on any atom is 0.267 e. The first-order valence-electron chi connectivity index (χ1n) is 6.14. The summed E-state index contributed by atoms with van der Waals surface area (Å²) in [6.45, 7) is 1.82. The van der Waals surface area contributed by atoms with E-state index >= 15 is 0 Å². The molecular formula is C14H16ClN3O3. The van der Waals surface area contributed by atoms with E-state index < -0.39 is 12.0 Å². The maximum atomic E-state index is 12.0. The van der Waals surface area contributed by atoms with Crippen molar-refractivity contribution in [2.45, 2.75) is 13.0 Å². The minimum absolute atomic E-state index is 0.127. The molecular weight excluding hydrogens is 294 g/mol. The van der Waals surface area contributed by atoms with E-state index in [1.54, 1.807) is 25.1 Å². The van der Waals surface area contributed by atoms with Crippen LogP contribution in [-0.2, 0) is 4.79 Å². The van der Waals surface area contributed by atoms with Gasteiger partial charge in [0.15, 0.2) is 0 Å². The molecule has 1 aromatic carbocycles. The molecule has 0 aliphatic heterocycles. The summed E-state index contributed by atoms with van der Waals surface area (Å²) in [6.07, 6.45) is 0.663. The molecule has 0 fully saturated rings. The summed E-state index contributed by atoms with van der Waals surface area (Å²) in [5.74, 6) is -0.168. The Morgan fingerprint density at radius 2 is 2.33 bits per heavy atom. The van der Waals surface area contributed by atoms with Crippen molar-refractivity contribution in [1.82, 2.24) is 5.32 Å². The minimum atomic E-state index is -0.601. The number of benzene rings is 1. The summed E-state index contributed by atoms with van der Waals surface area (Å²) in [6, 6.07) is 6.54. The SMILES string of the molecule is COc1ccc(Cl)cc1NC(=O)/C(C#N)=C\NCC(C)O. The van der Waals surface area contributed by atoms with E-state index in [1.807, 2.05) is 0 Å². The van der Waals surface area contributed by atoms with Crippen molar-refractivity contribution >= 4 is 23.2 Å². The van der Waals surface area contributed by atoms with E-state index in [4.69, 9.17) is 26.7 Å². The predicted octanol–water partition coefficient (Wildman–Crippen LogP) is 1.66. The Morgan fingerprint density at radius 1 is 1.62 bits per heavy atom. The molecule has 1 amide bonds. The molecule has 0 heterocycles. The van der Waals surface area contributed by atoms with Gasteiger partial charge in [-0.3, -0.25) is 4.79 Å². The number of carbonyl (C=O) groups excluding carboxylic acids is 1. The molecule has 6 nitrogen and oxygen atoms in total. The van der Waals surface area contributed by atoms with Gasteiger partial charge in [-0.25, -0.2) is 0 Å². The molecule has 0 saturated carbocycles. The lowest BCUT2D eigenvalue weighted by atomic mass is 10.2. The molecule has 0 radical (unpaired) electrons. The molecule has 0 saturated heterocycles. The molecule has 112 valence electrons. The molecule has 0 aromatic heterocycles. The van der Waals surface area contributed by atoms with Crippen molar-refractivity contribution in [3.8, 4) is 11.8 Å². The zero-order chi connectivity index (χ0) is 15.8. The molecule has 0 bridgehead atoms. The highest BCUT2D eigenvalue weighted by Crippen LogP contribution is 2.27. The number of nitrogens with zero attached hydrogens (tertiary/aromatic N) is 1. The van der Waals surface area contributed by atoms with Crippen molar-refractivity contribution in [1.29, 1.82) is 5.26 Å². The van der Waals surface area contributed by atoms with Crippen LogP contribution in [0.3, 0.4) is 0 Å². The fourth-order valence-corrected chi connectivity index (χ4v) is 1.62. The van der Waals surface area contributed by atoms with Gasteiger partial charge in [0.25, 0.3) is 5.91 Å². The maximum absolute atomic E-state index is 12.0. The van der Waals surface area contributed by atoms with Gasteiger partial charge in [0.2, 0.25) is 0 Å². The van der Waals surface area contributed by atoms with E-state index in [9.17, 15) is 4.79 Å². The van der Waals surface area contributed by atoms with Gasteiger partial charge in [0.1, 0.15) is 17.4 Å². The Labute approximate surface area is 128 Å². The predicted molar refractivity (Wildman–Crippen MR) is 80.0 cm³/mol. The molecule has 1 atom stereocenters. The van der Waals surface area contributed by atoms with Crippen LogP contribution in [-0.4, -0.2) is 30.8 Å². The number of nitrogens with one attached hydrogen (secondary N) is 2. The second kappa shape index (κ2) is 8.15. The summed E-state index contributed by atoms with van der Waals surface area (Å²) >= 11 is 5.86. The number of nitriles is 1. The van der Waals surface area contributed by atoms with Gasteiger partial charge in [0, 0.05) is 17.8 Å². The van der Waals surface area contributed by atoms with Gasteiger partial charge in [0.05, 0.1) is 18.9 Å². The van der Waals surface area contributed by atoms with Crippen LogP contribution in [0.1, 0.15) is 6.92 Å². The normalized spacial score (nSPS) is 12.2. The second-order valence-corrected chi connectivity index (χ2v) is 4.66. The summed E-state index contributed by atoms with van der Waals surface area (Å²) in [4.78, 5) is 12.0. The third kappa shape index (κ3) is 5.34. The van der Waals surface area contributed by atoms with Crippen molar-refractivity contribution in [2.24, 2.45) is 0 Å². The van der Waals surface area contributed by atoms with E-state index in [1.165, 1.54) is 19.4 Å². The Balaban J connectivity index is 2.84. The molecule has 7 heteroatoms. The van der Waals surface area contributed by atoms with E-state index in [0.29, 0.717) is 16.5 Å². The summed E-state index contributed by atoms with van der Waals surface area (Å²) in [7, 11) is 1.46. The van der Waals surface area contributed by atoms with Crippen LogP contribution in [0.15, 0.2) is 30.0 Å². The summed E-state index contributed by atoms with van der Waals surface area (Å²) in [5, 5.41) is 23.8. The Morgan fingerprint density at radius 3 is 2.90 bits per heavy atom. The van der Waals surface area contributed by atoms with Crippen molar-refractivity contribution in [2.75, 3.05) is 19.0 Å². The summed E-state index contributed by atoms with van der Waals surface area (Å²) in [5.41, 5.74) is 0.240. The Hall–Kier alpha value is -2.23. The zero-order valence-corrected chi connectivity index (χ0v) is 12.4. The number of anilines is 1. The summed E-state index contributed by atoms with van der Waals surface area (Å²) < 4.78 is 5.10. The fraction of sp³-hybridized carbons (Fsp3) is 0.286. The van der Waals surface area contributed by atoms with E-state index in [0.717, 1.165) is 0 Å². The van der Waals surface area contributed by atoms with Crippen LogP contribution in [0.5, 0.6) is 5.75 Å². The highest BCUT2D eigenvalue weighted by atomic mass is 35.5. The lowest BCUT2D eigenvalue weighted by molar-refractivity contribution is -0.112. The average molecular weight is 310 g/mol. The number of halogens is 1. The highest BCUT2D eigenvalue weighted by Gasteiger charge is 2.12. The Bertz CT molecular complexity index is 579. The number of hydrogen-bond acceptors (Lipinski definition) is 5. The first-order valence-corrected chi connectivity index (χ1v) is 6.52. The second-order valence-electron chi connectivity index (χ2n) is 4.23. The van der Waals surface area contributed by atoms with Gasteiger partial charge < -0.3 is 20.5 Å². The number of aliphatic hydroxyl groups excluding tert-OH is 1. The minimum Gasteiger partial charge on any atom is -0.495 e. The van der Waals surface area contributed by atoms with Crippen molar-refractivity contribution in [3.05, 3.63) is 35.0 Å². The van der Waals surface area contributed by atoms with Crippen molar-refractivity contribution < 1.29 is 14.6 Å². The van der Waals surface area contributed by atoms with Crippen LogP contribution in [0.4, 0.5) is 5.69 Å². The van der Waals surface area contributed by atoms with Gasteiger partial charge in [-0.2, -0.15) is 5.26 Å². The quantitative estimate of drug-likeness (QED) is 0.549. The lowest BCUT2D eigenvalue weighted by Crippen LogP contribution is -2.22. The molecule has 0 aliphatic rings. The van der Waals surface area contributed by atoms with Crippen LogP contribution in [0.25, 0.3) is 0 Å². The lowest BCUT2D eigenvalue weighted by Gasteiger charge is -2.10. The van der Waals surface area contributed by atoms with Gasteiger partial charge >= 0.3 is 0 Å². The van der Waals surface area contributed by atoms with Crippen LogP contribution in [0, 0.1) is 11.3 Å². The van der Waals surface area contributed by atoms with E-state index in [-0.39, 0.29) is 12.1 Å². The standard InChI is InChI=1S/C14H16ClN3O3/c1-9(19)7-17-8-10(6-16)14(20)18-12-5-11(15)3-4-13(12)21-2/h3-5,8-9,17,19H,7H2,1-2H3,(H,18,20)/b10-8-. The average Bonchev–Trinajstić information content (AvgIpc) is 2.43.